The molecule has 2 aliphatic carbocycles. The van der Waals surface area contributed by atoms with Gasteiger partial charge in [0.25, 0.3) is 0 Å². The zero-order valence-electron chi connectivity index (χ0n) is 27.4. The molecule has 0 saturated carbocycles. The molecule has 5 rings (SSSR count). The molecule has 2 aliphatic rings. The van der Waals surface area contributed by atoms with Crippen molar-refractivity contribution in [2.45, 2.75) is 90.6 Å². The Kier molecular flexibility index (Phi) is 10.7. The van der Waals surface area contributed by atoms with E-state index < -0.39 is 21.3 Å². The van der Waals surface area contributed by atoms with Gasteiger partial charge in [-0.25, -0.2) is 0 Å². The van der Waals surface area contributed by atoms with Crippen molar-refractivity contribution in [1.29, 1.82) is 0 Å². The van der Waals surface area contributed by atoms with E-state index in [0.29, 0.717) is 15.5 Å². The number of benzene rings is 3. The predicted molar refractivity (Wildman–Crippen MR) is 172 cm³/mol. The molecule has 0 N–H and O–H groups in total. The van der Waals surface area contributed by atoms with Crippen LogP contribution in [0.1, 0.15) is 106 Å². The Morgan fingerprint density at radius 2 is 1.19 bits per heavy atom. The summed E-state index contributed by atoms with van der Waals surface area (Å²) in [5.74, 6) is 1.08. The van der Waals surface area contributed by atoms with Crippen molar-refractivity contribution < 1.29 is 46.1 Å². The van der Waals surface area contributed by atoms with Crippen molar-refractivity contribution in [2.24, 2.45) is 11.8 Å². The zero-order chi connectivity index (χ0) is 29.1. The van der Waals surface area contributed by atoms with Gasteiger partial charge in [-0.15, -0.1) is 0 Å². The third kappa shape index (κ3) is 6.60. The minimum absolute atomic E-state index is 0. The molecule has 0 saturated heterocycles. The summed E-state index contributed by atoms with van der Waals surface area (Å²) in [4.78, 5) is 0. The number of hydrogen-bond acceptors (Lipinski definition) is 0. The third-order valence-electron chi connectivity index (χ3n) is 9.12. The zero-order valence-corrected chi connectivity index (χ0v) is 31.4. The molecule has 222 valence electrons. The largest absolute Gasteiger partial charge is 1.00 e. The summed E-state index contributed by atoms with van der Waals surface area (Å²) in [6.07, 6.45) is 2.58. The summed E-state index contributed by atoms with van der Waals surface area (Å²) in [6, 6.07) is 24.2. The van der Waals surface area contributed by atoms with Crippen molar-refractivity contribution in [3.05, 3.63) is 115 Å². The van der Waals surface area contributed by atoms with E-state index in [1.54, 1.807) is 25.6 Å². The summed E-state index contributed by atoms with van der Waals surface area (Å²) < 4.78 is 5.05. The first kappa shape index (κ1) is 35.0. The Morgan fingerprint density at radius 3 is 1.60 bits per heavy atom. The molecule has 0 fully saturated rings. The Morgan fingerprint density at radius 1 is 0.714 bits per heavy atom. The van der Waals surface area contributed by atoms with Gasteiger partial charge in [0.05, 0.1) is 0 Å². The van der Waals surface area contributed by atoms with Crippen LogP contribution >= 0.6 is 0 Å². The molecule has 1 atom stereocenters. The molecule has 0 aromatic heterocycles. The molecular weight excluding hydrogens is 631 g/mol. The van der Waals surface area contributed by atoms with Crippen LogP contribution in [0, 0.1) is 18.8 Å². The second kappa shape index (κ2) is 12.8. The van der Waals surface area contributed by atoms with E-state index in [-0.39, 0.29) is 35.6 Å². The number of hydrogen-bond donors (Lipinski definition) is 0. The Hall–Kier alpha value is -1.53. The van der Waals surface area contributed by atoms with Gasteiger partial charge in [-0.05, 0) is 0 Å². The topological polar surface area (TPSA) is 0 Å². The molecule has 3 heteroatoms. The standard InChI is InChI=1S/C21H25.C10H15.C8H8.2ClH.Zr/c1-20(2,3)16-9-7-14-11-15-8-10-17(21(4,5)6)13-19(15)18(14)12-16;1-7(2)10-6-8(3)5-9(10)4;1-7-3-5-8(2)6-4-7;;;/h7-13H,1-6H3;6-8H,1-4H3;1,3-6H,2H3;2*1H;/q;;;;;+2/p-2. The van der Waals surface area contributed by atoms with E-state index in [0.717, 1.165) is 0 Å². The van der Waals surface area contributed by atoms with Crippen LogP contribution in [-0.4, -0.2) is 3.71 Å². The third-order valence-corrected chi connectivity index (χ3v) is 17.3. The molecule has 0 radical (unpaired) electrons. The van der Waals surface area contributed by atoms with Gasteiger partial charge in [-0.2, -0.15) is 0 Å². The molecule has 1 unspecified atom stereocenters. The molecule has 42 heavy (non-hydrogen) atoms. The van der Waals surface area contributed by atoms with Gasteiger partial charge in [0, 0.05) is 0 Å². The van der Waals surface area contributed by atoms with Crippen LogP contribution < -0.4 is 24.8 Å². The van der Waals surface area contributed by atoms with Crippen LogP contribution in [-0.2, 0) is 32.1 Å². The molecule has 0 amide bonds. The van der Waals surface area contributed by atoms with Gasteiger partial charge in [0.1, 0.15) is 0 Å². The normalized spacial score (nSPS) is 16.7. The van der Waals surface area contributed by atoms with Gasteiger partial charge >= 0.3 is 253 Å². The van der Waals surface area contributed by atoms with Gasteiger partial charge in [0.2, 0.25) is 0 Å². The van der Waals surface area contributed by atoms with Crippen LogP contribution in [0.3, 0.4) is 0 Å². The van der Waals surface area contributed by atoms with Crippen LogP contribution in [0.4, 0.5) is 0 Å². The van der Waals surface area contributed by atoms with E-state index in [4.69, 9.17) is 0 Å². The fraction of sp³-hybridized carbons (Fsp3) is 0.410. The Labute approximate surface area is 276 Å². The van der Waals surface area contributed by atoms with E-state index in [2.05, 4.69) is 147 Å². The van der Waals surface area contributed by atoms with Crippen LogP contribution in [0.25, 0.3) is 11.1 Å². The first-order valence-corrected chi connectivity index (χ1v) is 19.2. The number of fused-ring (bicyclic) bond motifs is 3. The van der Waals surface area contributed by atoms with Gasteiger partial charge in [-0.1, -0.05) is 0 Å². The predicted octanol–water partition coefficient (Wildman–Crippen LogP) is 4.64. The summed E-state index contributed by atoms with van der Waals surface area (Å²) >= 11 is -2.47. The summed E-state index contributed by atoms with van der Waals surface area (Å²) in [6.45, 7) is 25.8. The SMILES string of the molecule is CC1=[C](/[Zr+2](=[CH]/c2ccc(C)cc2)[CH]2c3ccc(C(C)(C)C)cc3-c3cc(C(C)(C)C)ccc32)C(C)C=C1C(C)C.[Cl-].[Cl-]. The van der Waals surface area contributed by atoms with E-state index in [9.17, 15) is 0 Å². The number of halogens is 2. The fourth-order valence-corrected chi connectivity index (χ4v) is 15.5. The Balaban J connectivity index is 0.00000242. The second-order valence-electron chi connectivity index (χ2n) is 14.7. The molecule has 3 aromatic carbocycles. The molecule has 0 spiro atoms. The summed E-state index contributed by atoms with van der Waals surface area (Å²) in [7, 11) is 0. The van der Waals surface area contributed by atoms with Crippen molar-refractivity contribution >= 4 is 3.71 Å². The molecular formula is C39H48Cl2Zr. The Bertz CT molecular complexity index is 1490. The quantitative estimate of drug-likeness (QED) is 0.378. The summed E-state index contributed by atoms with van der Waals surface area (Å²) in [5.41, 5.74) is 15.1. The van der Waals surface area contributed by atoms with Gasteiger partial charge in [-0.3, -0.25) is 0 Å². The second-order valence-corrected chi connectivity index (χ2v) is 20.3. The molecule has 0 heterocycles. The molecule has 0 aliphatic heterocycles. The van der Waals surface area contributed by atoms with Crippen LogP contribution in [0.5, 0.6) is 0 Å². The number of allylic oxidation sites excluding steroid dienone is 4. The van der Waals surface area contributed by atoms with Crippen LogP contribution in [0.2, 0.25) is 0 Å². The smallest absolute Gasteiger partial charge is 1.00 e. The van der Waals surface area contributed by atoms with Crippen molar-refractivity contribution in [2.75, 3.05) is 0 Å². The average molecular weight is 679 g/mol. The fourth-order valence-electron chi connectivity index (χ4n) is 6.76. The monoisotopic (exact) mass is 676 g/mol. The molecule has 0 nitrogen and oxygen atoms in total. The number of aryl methyl sites for hydroxylation is 1. The van der Waals surface area contributed by atoms with Crippen molar-refractivity contribution in [1.82, 2.24) is 0 Å². The number of rotatable bonds is 4. The average Bonchev–Trinajstić information content (AvgIpc) is 3.35. The first-order valence-electron chi connectivity index (χ1n) is 15.2. The van der Waals surface area contributed by atoms with Crippen molar-refractivity contribution in [3.63, 3.8) is 0 Å². The van der Waals surface area contributed by atoms with E-state index in [1.165, 1.54) is 33.4 Å². The minimum atomic E-state index is -2.47. The van der Waals surface area contributed by atoms with Crippen molar-refractivity contribution in [3.8, 4) is 11.1 Å². The molecule has 0 bridgehead atoms. The van der Waals surface area contributed by atoms with Gasteiger partial charge in [0.15, 0.2) is 0 Å². The van der Waals surface area contributed by atoms with E-state index >= 15 is 0 Å². The maximum atomic E-state index is 2.77. The maximum absolute atomic E-state index is 2.77. The molecule has 3 aromatic rings. The maximum Gasteiger partial charge on any atom is -1.00 e. The minimum Gasteiger partial charge on any atom is -1.00 e. The van der Waals surface area contributed by atoms with Crippen LogP contribution in [0.15, 0.2) is 81.2 Å². The van der Waals surface area contributed by atoms with E-state index in [1.807, 2.05) is 0 Å². The summed E-state index contributed by atoms with van der Waals surface area (Å²) in [5, 5.41) is 0. The van der Waals surface area contributed by atoms with Gasteiger partial charge < -0.3 is 24.8 Å². The first-order chi connectivity index (χ1) is 18.7.